The summed E-state index contributed by atoms with van der Waals surface area (Å²) in [6.45, 7) is 0. The minimum absolute atomic E-state index is 0. The first-order chi connectivity index (χ1) is 9.65. The molecule has 0 aliphatic heterocycles. The molecule has 3 rings (SSSR count). The van der Waals surface area contributed by atoms with E-state index in [1.807, 2.05) is 0 Å². The predicted octanol–water partition coefficient (Wildman–Crippen LogP) is 2.11. The molecule has 0 saturated heterocycles. The van der Waals surface area contributed by atoms with E-state index in [9.17, 15) is 4.79 Å². The van der Waals surface area contributed by atoms with Crippen LogP contribution in [0.4, 0.5) is 5.95 Å². The fourth-order valence-corrected chi connectivity index (χ4v) is 1.96. The van der Waals surface area contributed by atoms with Crippen LogP contribution < -0.4 is 11.3 Å². The van der Waals surface area contributed by atoms with Crippen LogP contribution in [0, 0.1) is 0 Å². The van der Waals surface area contributed by atoms with Gasteiger partial charge in [-0.05, 0) is 18.2 Å². The molecule has 0 aliphatic rings. The number of aryl methyl sites for hydroxylation is 1. The van der Waals surface area contributed by atoms with Crippen LogP contribution in [0.2, 0.25) is 0 Å². The van der Waals surface area contributed by atoms with Crippen molar-refractivity contribution >= 4 is 18.4 Å². The molecule has 0 amide bonds. The number of pyridine rings is 1. The zero-order valence-corrected chi connectivity index (χ0v) is 12.0. The maximum atomic E-state index is 11.5. The molecule has 0 aliphatic carbocycles. The summed E-state index contributed by atoms with van der Waals surface area (Å²) in [6.07, 6.45) is 4.92. The normalized spacial score (nSPS) is 10.1. The van der Waals surface area contributed by atoms with Crippen molar-refractivity contribution in [2.24, 2.45) is 7.05 Å². The van der Waals surface area contributed by atoms with Gasteiger partial charge in [0.1, 0.15) is 5.69 Å². The Balaban J connectivity index is 0.00000161. The second kappa shape index (κ2) is 5.80. The molecule has 0 aromatic carbocycles. The summed E-state index contributed by atoms with van der Waals surface area (Å²) in [5.41, 5.74) is 7.74. The lowest BCUT2D eigenvalue weighted by Crippen LogP contribution is -2.14. The molecule has 0 fully saturated rings. The number of nitrogens with two attached hydrogens (primary N) is 1. The number of aromatic nitrogens is 3. The van der Waals surface area contributed by atoms with E-state index in [1.165, 1.54) is 10.6 Å². The maximum absolute atomic E-state index is 11.5. The molecular formula is C14H13ClN4O2. The molecule has 3 aromatic rings. The number of nitrogen functional groups attached to an aromatic ring is 1. The number of anilines is 1. The molecule has 6 nitrogen and oxygen atoms in total. The molecule has 7 heteroatoms. The van der Waals surface area contributed by atoms with Crippen LogP contribution in [-0.2, 0) is 7.05 Å². The highest BCUT2D eigenvalue weighted by atomic mass is 35.5. The number of hydrogen-bond acceptors (Lipinski definition) is 5. The lowest BCUT2D eigenvalue weighted by atomic mass is 10.1. The third-order valence-electron chi connectivity index (χ3n) is 2.96. The fourth-order valence-electron chi connectivity index (χ4n) is 1.96. The average molecular weight is 305 g/mol. The summed E-state index contributed by atoms with van der Waals surface area (Å²) in [5, 5.41) is 0. The van der Waals surface area contributed by atoms with E-state index >= 15 is 0 Å². The summed E-state index contributed by atoms with van der Waals surface area (Å²) in [4.78, 5) is 19.7. The molecule has 0 atom stereocenters. The predicted molar refractivity (Wildman–Crippen MR) is 82.1 cm³/mol. The molecule has 0 spiro atoms. The minimum atomic E-state index is -0.0790. The maximum Gasteiger partial charge on any atom is 0.250 e. The van der Waals surface area contributed by atoms with Gasteiger partial charge in [-0.3, -0.25) is 4.79 Å². The number of furan rings is 1. The monoisotopic (exact) mass is 304 g/mol. The quantitative estimate of drug-likeness (QED) is 0.783. The Labute approximate surface area is 126 Å². The first-order valence-corrected chi connectivity index (χ1v) is 5.98. The van der Waals surface area contributed by atoms with Gasteiger partial charge >= 0.3 is 0 Å². The van der Waals surface area contributed by atoms with E-state index in [4.69, 9.17) is 10.2 Å². The van der Waals surface area contributed by atoms with Gasteiger partial charge in [0.2, 0.25) is 11.5 Å². The van der Waals surface area contributed by atoms with E-state index in [1.54, 1.807) is 43.9 Å². The van der Waals surface area contributed by atoms with E-state index < -0.39 is 0 Å². The van der Waals surface area contributed by atoms with Gasteiger partial charge in [-0.2, -0.15) is 0 Å². The zero-order valence-electron chi connectivity index (χ0n) is 11.2. The summed E-state index contributed by atoms with van der Waals surface area (Å²) >= 11 is 0. The van der Waals surface area contributed by atoms with Crippen LogP contribution in [0.15, 0.2) is 52.1 Å². The van der Waals surface area contributed by atoms with Crippen LogP contribution in [0.25, 0.3) is 22.6 Å². The average Bonchev–Trinajstić information content (AvgIpc) is 2.96. The molecule has 3 aromatic heterocycles. The fraction of sp³-hybridized carbons (Fsp3) is 0.0714. The van der Waals surface area contributed by atoms with Crippen LogP contribution >= 0.6 is 12.4 Å². The molecule has 0 saturated carbocycles. The standard InChI is InChI=1S/C14H12N4O2.ClH/c1-18-8-9(4-5-12(18)19)10-7-16-14(15)17-13(10)11-3-2-6-20-11;/h2-8H,1H3,(H2,15,16,17);1H. The molecular weight excluding hydrogens is 292 g/mol. The van der Waals surface area contributed by atoms with Crippen LogP contribution in [0.1, 0.15) is 0 Å². The molecule has 0 radical (unpaired) electrons. The highest BCUT2D eigenvalue weighted by molar-refractivity contribution is 5.85. The lowest BCUT2D eigenvalue weighted by molar-refractivity contribution is 0.580. The Morgan fingerprint density at radius 3 is 2.76 bits per heavy atom. The Hall–Kier alpha value is -2.60. The number of halogens is 1. The summed E-state index contributed by atoms with van der Waals surface area (Å²) in [5.74, 6) is 0.771. The van der Waals surface area contributed by atoms with Gasteiger partial charge in [-0.1, -0.05) is 0 Å². The van der Waals surface area contributed by atoms with Crippen molar-refractivity contribution in [1.29, 1.82) is 0 Å². The third kappa shape index (κ3) is 2.80. The highest BCUT2D eigenvalue weighted by Crippen LogP contribution is 2.29. The van der Waals surface area contributed by atoms with Gasteiger partial charge in [0.25, 0.3) is 0 Å². The number of rotatable bonds is 2. The van der Waals surface area contributed by atoms with Crippen LogP contribution in [-0.4, -0.2) is 14.5 Å². The van der Waals surface area contributed by atoms with E-state index in [2.05, 4.69) is 9.97 Å². The SMILES string of the molecule is Cl.Cn1cc(-c2cnc(N)nc2-c2ccco2)ccc1=O. The summed E-state index contributed by atoms with van der Waals surface area (Å²) < 4.78 is 6.87. The van der Waals surface area contributed by atoms with Gasteiger partial charge < -0.3 is 14.7 Å². The Kier molecular flexibility index (Phi) is 4.09. The van der Waals surface area contributed by atoms with Crippen molar-refractivity contribution in [3.8, 4) is 22.6 Å². The van der Waals surface area contributed by atoms with Crippen LogP contribution in [0.5, 0.6) is 0 Å². The molecule has 0 bridgehead atoms. The Bertz CT molecular complexity index is 812. The second-order valence-corrected chi connectivity index (χ2v) is 4.33. The smallest absolute Gasteiger partial charge is 0.250 e. The van der Waals surface area contributed by atoms with Crippen molar-refractivity contribution < 1.29 is 4.42 Å². The summed E-state index contributed by atoms with van der Waals surface area (Å²) in [7, 11) is 1.69. The van der Waals surface area contributed by atoms with Gasteiger partial charge in [-0.25, -0.2) is 9.97 Å². The van der Waals surface area contributed by atoms with Gasteiger partial charge in [0.15, 0.2) is 5.76 Å². The van der Waals surface area contributed by atoms with Gasteiger partial charge in [0.05, 0.1) is 6.26 Å². The Morgan fingerprint density at radius 2 is 2.10 bits per heavy atom. The highest BCUT2D eigenvalue weighted by Gasteiger charge is 2.13. The van der Waals surface area contributed by atoms with Crippen molar-refractivity contribution in [2.45, 2.75) is 0 Å². The molecule has 3 heterocycles. The van der Waals surface area contributed by atoms with Crippen LogP contribution in [0.3, 0.4) is 0 Å². The minimum Gasteiger partial charge on any atom is -0.463 e. The molecule has 21 heavy (non-hydrogen) atoms. The largest absolute Gasteiger partial charge is 0.463 e. The van der Waals surface area contributed by atoms with E-state index in [0.29, 0.717) is 11.5 Å². The van der Waals surface area contributed by atoms with Gasteiger partial charge in [-0.15, -0.1) is 12.4 Å². The van der Waals surface area contributed by atoms with Crippen molar-refractivity contribution in [1.82, 2.24) is 14.5 Å². The molecule has 0 unspecified atom stereocenters. The lowest BCUT2D eigenvalue weighted by Gasteiger charge is -2.08. The van der Waals surface area contributed by atoms with Crippen molar-refractivity contribution in [3.63, 3.8) is 0 Å². The Morgan fingerprint density at radius 1 is 1.29 bits per heavy atom. The van der Waals surface area contributed by atoms with Gasteiger partial charge in [0, 0.05) is 36.6 Å². The molecule has 108 valence electrons. The van der Waals surface area contributed by atoms with Crippen molar-refractivity contribution in [3.05, 3.63) is 53.3 Å². The summed E-state index contributed by atoms with van der Waals surface area (Å²) in [6, 6.07) is 6.80. The first-order valence-electron chi connectivity index (χ1n) is 5.98. The van der Waals surface area contributed by atoms with Crippen molar-refractivity contribution in [2.75, 3.05) is 5.73 Å². The second-order valence-electron chi connectivity index (χ2n) is 4.33. The first kappa shape index (κ1) is 14.8. The van der Waals surface area contributed by atoms with E-state index in [0.717, 1.165) is 11.1 Å². The topological polar surface area (TPSA) is 86.9 Å². The zero-order chi connectivity index (χ0) is 14.1. The van der Waals surface area contributed by atoms with E-state index in [-0.39, 0.29) is 23.9 Å². The number of nitrogens with zero attached hydrogens (tertiary/aromatic N) is 3. The third-order valence-corrected chi connectivity index (χ3v) is 2.96. The number of hydrogen-bond donors (Lipinski definition) is 1. The molecule has 2 N–H and O–H groups in total.